The molecule has 0 aliphatic heterocycles. The molecule has 0 amide bonds. The zero-order chi connectivity index (χ0) is 11.8. The summed E-state index contributed by atoms with van der Waals surface area (Å²) in [6.07, 6.45) is 0. The van der Waals surface area contributed by atoms with Gasteiger partial charge in [0.2, 0.25) is 0 Å². The predicted octanol–water partition coefficient (Wildman–Crippen LogP) is 4.48. The molecule has 0 N–H and O–H groups in total. The van der Waals surface area contributed by atoms with Crippen LogP contribution in [0.15, 0.2) is 60.7 Å². The highest BCUT2D eigenvalue weighted by Crippen LogP contribution is 2.10. The van der Waals surface area contributed by atoms with Crippen molar-refractivity contribution in [2.24, 2.45) is 0 Å². The summed E-state index contributed by atoms with van der Waals surface area (Å²) < 4.78 is 0. The molecule has 0 aromatic heterocycles. The molecule has 2 aromatic rings. The van der Waals surface area contributed by atoms with Gasteiger partial charge in [0, 0.05) is 0 Å². The van der Waals surface area contributed by atoms with E-state index in [1.807, 2.05) is 74.5 Å². The summed E-state index contributed by atoms with van der Waals surface area (Å²) >= 11 is 5.39. The average Bonchev–Trinajstić information content (AvgIpc) is 2.42. The van der Waals surface area contributed by atoms with Crippen molar-refractivity contribution in [1.82, 2.24) is 0 Å². The first-order valence-electron chi connectivity index (χ1n) is 5.53. The van der Waals surface area contributed by atoms with Gasteiger partial charge in [0.15, 0.2) is 0 Å². The van der Waals surface area contributed by atoms with E-state index < -0.39 is 0 Å². The molecule has 0 radical (unpaired) electrons. The molecule has 2 aromatic carbocycles. The van der Waals surface area contributed by atoms with Crippen LogP contribution in [0.3, 0.4) is 0 Å². The fourth-order valence-electron chi connectivity index (χ4n) is 1.35. The Morgan fingerprint density at radius 3 is 1.31 bits per heavy atom. The molecule has 0 saturated carbocycles. The quantitative estimate of drug-likeness (QED) is 0.539. The van der Waals surface area contributed by atoms with Gasteiger partial charge in [-0.1, -0.05) is 86.7 Å². The van der Waals surface area contributed by atoms with E-state index in [4.69, 9.17) is 12.2 Å². The lowest BCUT2D eigenvalue weighted by Gasteiger charge is -2.02. The van der Waals surface area contributed by atoms with E-state index in [1.54, 1.807) is 0 Å². The third kappa shape index (κ3) is 3.28. The summed E-state index contributed by atoms with van der Waals surface area (Å²) in [5.74, 6) is 0. The van der Waals surface area contributed by atoms with E-state index in [9.17, 15) is 0 Å². The van der Waals surface area contributed by atoms with Gasteiger partial charge in [0.05, 0.1) is 4.86 Å². The van der Waals surface area contributed by atoms with Crippen LogP contribution in [0.25, 0.3) is 0 Å². The molecule has 1 heteroatoms. The van der Waals surface area contributed by atoms with E-state index in [2.05, 4.69) is 0 Å². The summed E-state index contributed by atoms with van der Waals surface area (Å²) in [5, 5.41) is 0. The number of rotatable bonds is 2. The maximum Gasteiger partial charge on any atom is 0.0521 e. The summed E-state index contributed by atoms with van der Waals surface area (Å²) in [4.78, 5) is 0.909. The first-order valence-corrected chi connectivity index (χ1v) is 5.93. The Morgan fingerprint density at radius 1 is 0.688 bits per heavy atom. The summed E-state index contributed by atoms with van der Waals surface area (Å²) in [6.45, 7) is 4.00. The minimum atomic E-state index is 0.909. The lowest BCUT2D eigenvalue weighted by molar-refractivity contribution is 1.50. The lowest BCUT2D eigenvalue weighted by Crippen LogP contribution is -1.98. The molecule has 0 bridgehead atoms. The van der Waals surface area contributed by atoms with Gasteiger partial charge in [0.1, 0.15) is 0 Å². The molecule has 82 valence electrons. The molecular weight excluding hydrogens is 212 g/mol. The summed E-state index contributed by atoms with van der Waals surface area (Å²) in [6, 6.07) is 20.2. The first kappa shape index (κ1) is 12.6. The van der Waals surface area contributed by atoms with Crippen LogP contribution in [0, 0.1) is 0 Å². The standard InChI is InChI=1S/C13H10S.C2H6/c14-13(11-7-3-1-4-8-11)12-9-5-2-6-10-12;1-2/h1-10H;1-2H3. The van der Waals surface area contributed by atoms with Gasteiger partial charge in [-0.25, -0.2) is 0 Å². The van der Waals surface area contributed by atoms with Crippen molar-refractivity contribution in [1.29, 1.82) is 0 Å². The van der Waals surface area contributed by atoms with E-state index in [0.717, 1.165) is 16.0 Å². The fourth-order valence-corrected chi connectivity index (χ4v) is 1.62. The van der Waals surface area contributed by atoms with Crippen LogP contribution >= 0.6 is 12.2 Å². The van der Waals surface area contributed by atoms with E-state index in [0.29, 0.717) is 0 Å². The van der Waals surface area contributed by atoms with Gasteiger partial charge in [-0.2, -0.15) is 0 Å². The van der Waals surface area contributed by atoms with E-state index in [1.165, 1.54) is 0 Å². The first-order chi connectivity index (χ1) is 7.88. The van der Waals surface area contributed by atoms with Gasteiger partial charge in [0.25, 0.3) is 0 Å². The Balaban J connectivity index is 0.000000606. The van der Waals surface area contributed by atoms with Crippen LogP contribution in [0.2, 0.25) is 0 Å². The number of benzene rings is 2. The number of thiocarbonyl (C=S) groups is 1. The maximum absolute atomic E-state index is 5.39. The van der Waals surface area contributed by atoms with Gasteiger partial charge in [-0.3, -0.25) is 0 Å². The van der Waals surface area contributed by atoms with Crippen molar-refractivity contribution >= 4 is 17.1 Å². The molecule has 0 unspecified atom stereocenters. The zero-order valence-corrected chi connectivity index (χ0v) is 10.5. The van der Waals surface area contributed by atoms with E-state index >= 15 is 0 Å². The molecule has 0 fully saturated rings. The molecule has 0 heterocycles. The summed E-state index contributed by atoms with van der Waals surface area (Å²) in [5.41, 5.74) is 2.21. The molecule has 0 aliphatic rings. The molecule has 0 spiro atoms. The third-order valence-corrected chi connectivity index (χ3v) is 2.54. The van der Waals surface area contributed by atoms with Crippen molar-refractivity contribution in [2.75, 3.05) is 0 Å². The van der Waals surface area contributed by atoms with Crippen molar-refractivity contribution in [2.45, 2.75) is 13.8 Å². The van der Waals surface area contributed by atoms with E-state index in [-0.39, 0.29) is 0 Å². The Labute approximate surface area is 103 Å². The smallest absolute Gasteiger partial charge is 0.0521 e. The second-order valence-electron chi connectivity index (χ2n) is 3.06. The maximum atomic E-state index is 5.39. The Kier molecular flexibility index (Phi) is 5.44. The van der Waals surface area contributed by atoms with Crippen LogP contribution < -0.4 is 0 Å². The zero-order valence-electron chi connectivity index (χ0n) is 9.68. The Bertz CT molecular complexity index is 376. The highest BCUT2D eigenvalue weighted by Gasteiger charge is 2.01. The van der Waals surface area contributed by atoms with Gasteiger partial charge in [-0.15, -0.1) is 0 Å². The molecule has 0 aliphatic carbocycles. The third-order valence-electron chi connectivity index (χ3n) is 2.07. The molecule has 0 saturated heterocycles. The lowest BCUT2D eigenvalue weighted by atomic mass is 10.1. The van der Waals surface area contributed by atoms with Gasteiger partial charge in [-0.05, 0) is 11.1 Å². The second-order valence-corrected chi connectivity index (χ2v) is 3.47. The van der Waals surface area contributed by atoms with Crippen LogP contribution in [-0.4, -0.2) is 4.86 Å². The molecule has 2 rings (SSSR count). The number of hydrogen-bond donors (Lipinski definition) is 0. The normalized spacial score (nSPS) is 8.88. The highest BCUT2D eigenvalue weighted by molar-refractivity contribution is 7.81. The van der Waals surface area contributed by atoms with Crippen LogP contribution in [-0.2, 0) is 0 Å². The number of hydrogen-bond acceptors (Lipinski definition) is 1. The monoisotopic (exact) mass is 228 g/mol. The molecule has 0 atom stereocenters. The van der Waals surface area contributed by atoms with Gasteiger partial charge < -0.3 is 0 Å². The van der Waals surface area contributed by atoms with Crippen molar-refractivity contribution in [3.63, 3.8) is 0 Å². The topological polar surface area (TPSA) is 0 Å². The molecule has 0 nitrogen and oxygen atoms in total. The molecular formula is C15H16S. The van der Waals surface area contributed by atoms with Crippen molar-refractivity contribution in [3.8, 4) is 0 Å². The largest absolute Gasteiger partial charge is 0.0788 e. The van der Waals surface area contributed by atoms with Crippen LogP contribution in [0.4, 0.5) is 0 Å². The SMILES string of the molecule is CC.S=C(c1ccccc1)c1ccccc1. The van der Waals surface area contributed by atoms with Gasteiger partial charge >= 0.3 is 0 Å². The second kappa shape index (κ2) is 6.91. The minimum absolute atomic E-state index is 0.909. The van der Waals surface area contributed by atoms with Crippen molar-refractivity contribution < 1.29 is 0 Å². The Hall–Kier alpha value is -1.47. The fraction of sp³-hybridized carbons (Fsp3) is 0.133. The van der Waals surface area contributed by atoms with Crippen LogP contribution in [0.1, 0.15) is 25.0 Å². The van der Waals surface area contributed by atoms with Crippen molar-refractivity contribution in [3.05, 3.63) is 71.8 Å². The average molecular weight is 228 g/mol. The minimum Gasteiger partial charge on any atom is -0.0788 e. The van der Waals surface area contributed by atoms with Crippen LogP contribution in [0.5, 0.6) is 0 Å². The Morgan fingerprint density at radius 2 is 1.00 bits per heavy atom. The summed E-state index contributed by atoms with van der Waals surface area (Å²) in [7, 11) is 0. The highest BCUT2D eigenvalue weighted by atomic mass is 32.1. The molecule has 16 heavy (non-hydrogen) atoms. The predicted molar refractivity (Wildman–Crippen MR) is 75.0 cm³/mol.